The Balaban J connectivity index is 1.31. The molecule has 0 bridgehead atoms. The van der Waals surface area contributed by atoms with Crippen LogP contribution in [-0.2, 0) is 11.8 Å². The van der Waals surface area contributed by atoms with Crippen molar-refractivity contribution in [1.82, 2.24) is 0 Å². The van der Waals surface area contributed by atoms with Crippen molar-refractivity contribution >= 4 is 11.4 Å². The second-order valence-corrected chi connectivity index (χ2v) is 12.4. The molecule has 3 N–H and O–H groups in total. The molecule has 47 heavy (non-hydrogen) atoms. The van der Waals surface area contributed by atoms with Crippen LogP contribution in [0.5, 0.6) is 0 Å². The van der Waals surface area contributed by atoms with Crippen molar-refractivity contribution in [2.24, 2.45) is 5.73 Å². The highest BCUT2D eigenvalue weighted by Gasteiger charge is 2.47. The van der Waals surface area contributed by atoms with Crippen molar-refractivity contribution in [3.63, 3.8) is 0 Å². The minimum atomic E-state index is -0.454. The molecule has 7 aromatic rings. The molecule has 0 saturated carbocycles. The Morgan fingerprint density at radius 3 is 1.79 bits per heavy atom. The molecule has 1 aliphatic rings. The summed E-state index contributed by atoms with van der Waals surface area (Å²) in [5, 5.41) is 3.85. The van der Waals surface area contributed by atoms with Gasteiger partial charge in [0.25, 0.3) is 0 Å². The van der Waals surface area contributed by atoms with Gasteiger partial charge in [0.15, 0.2) is 0 Å². The standard InChI is InChI=1S/C45H36N2/c46-41(33-17-5-1-6-18-33)31-32-16-15-25-37(30-32)47-42-29-28-40-44(43(42)34-19-7-2-8-20-34)38-26-13-14-27-39(38)45(40,35-21-9-3-10-22-35)36-23-11-4-12-24-36/h1-30,41,47H,31,46H2/t41-/m1/s1. The lowest BCUT2D eigenvalue weighted by molar-refractivity contribution is 0.722. The van der Waals surface area contributed by atoms with E-state index in [1.54, 1.807) is 0 Å². The van der Waals surface area contributed by atoms with Crippen molar-refractivity contribution in [3.05, 3.63) is 215 Å². The van der Waals surface area contributed by atoms with Gasteiger partial charge in [-0.1, -0.05) is 164 Å². The summed E-state index contributed by atoms with van der Waals surface area (Å²) in [7, 11) is 0. The molecule has 0 fully saturated rings. The Hall–Kier alpha value is -5.70. The Morgan fingerprint density at radius 1 is 0.511 bits per heavy atom. The van der Waals surface area contributed by atoms with E-state index >= 15 is 0 Å². The molecule has 7 aromatic carbocycles. The van der Waals surface area contributed by atoms with E-state index in [4.69, 9.17) is 5.73 Å². The van der Waals surface area contributed by atoms with Gasteiger partial charge in [-0.05, 0) is 74.7 Å². The first-order chi connectivity index (χ1) is 23.2. The van der Waals surface area contributed by atoms with Gasteiger partial charge in [-0.2, -0.15) is 0 Å². The first-order valence-corrected chi connectivity index (χ1v) is 16.3. The molecular weight excluding hydrogens is 569 g/mol. The van der Waals surface area contributed by atoms with Gasteiger partial charge in [0.2, 0.25) is 0 Å². The van der Waals surface area contributed by atoms with E-state index in [9.17, 15) is 0 Å². The highest BCUT2D eigenvalue weighted by atomic mass is 14.9. The van der Waals surface area contributed by atoms with Crippen LogP contribution in [0.3, 0.4) is 0 Å². The summed E-state index contributed by atoms with van der Waals surface area (Å²) in [6.45, 7) is 0. The Labute approximate surface area is 277 Å². The maximum atomic E-state index is 6.64. The maximum Gasteiger partial charge on any atom is 0.0713 e. The van der Waals surface area contributed by atoms with Gasteiger partial charge in [0.1, 0.15) is 0 Å². The lowest BCUT2D eigenvalue weighted by atomic mass is 9.67. The number of rotatable bonds is 8. The zero-order chi connectivity index (χ0) is 31.6. The minimum Gasteiger partial charge on any atom is -0.355 e. The molecule has 0 radical (unpaired) electrons. The Morgan fingerprint density at radius 2 is 1.11 bits per heavy atom. The van der Waals surface area contributed by atoms with Crippen molar-refractivity contribution in [2.75, 3.05) is 5.32 Å². The van der Waals surface area contributed by atoms with Gasteiger partial charge >= 0.3 is 0 Å². The average molecular weight is 605 g/mol. The molecule has 1 atom stereocenters. The molecule has 0 spiro atoms. The van der Waals surface area contributed by atoms with Crippen LogP contribution < -0.4 is 11.1 Å². The molecule has 0 saturated heterocycles. The summed E-state index contributed by atoms with van der Waals surface area (Å²) in [6.07, 6.45) is 0.763. The lowest BCUT2D eigenvalue weighted by Crippen LogP contribution is -2.28. The molecule has 0 unspecified atom stereocenters. The number of anilines is 2. The summed E-state index contributed by atoms with van der Waals surface area (Å²) in [6, 6.07) is 65.3. The molecule has 8 rings (SSSR count). The van der Waals surface area contributed by atoms with Crippen LogP contribution >= 0.6 is 0 Å². The van der Waals surface area contributed by atoms with Gasteiger partial charge in [-0.15, -0.1) is 0 Å². The molecule has 0 amide bonds. The Bertz CT molecular complexity index is 2100. The van der Waals surface area contributed by atoms with Crippen LogP contribution in [0.25, 0.3) is 22.3 Å². The zero-order valence-electron chi connectivity index (χ0n) is 26.2. The quantitative estimate of drug-likeness (QED) is 0.181. The van der Waals surface area contributed by atoms with Crippen molar-refractivity contribution in [2.45, 2.75) is 17.9 Å². The van der Waals surface area contributed by atoms with Crippen LogP contribution in [0.1, 0.15) is 39.4 Å². The van der Waals surface area contributed by atoms with Gasteiger partial charge in [0, 0.05) is 23.0 Å². The number of hydrogen-bond donors (Lipinski definition) is 2. The second-order valence-electron chi connectivity index (χ2n) is 12.4. The van der Waals surface area contributed by atoms with E-state index < -0.39 is 5.41 Å². The maximum absolute atomic E-state index is 6.64. The highest BCUT2D eigenvalue weighted by molar-refractivity contribution is 6.01. The topological polar surface area (TPSA) is 38.0 Å². The van der Waals surface area contributed by atoms with E-state index in [-0.39, 0.29) is 6.04 Å². The SMILES string of the molecule is N[C@H](Cc1cccc(Nc2ccc3c(c2-c2ccccc2)-c2ccccc2C3(c2ccccc2)c2ccccc2)c1)c1ccccc1. The molecule has 2 nitrogen and oxygen atoms in total. The molecule has 1 aliphatic carbocycles. The fourth-order valence-corrected chi connectivity index (χ4v) is 7.55. The van der Waals surface area contributed by atoms with E-state index in [0.29, 0.717) is 0 Å². The van der Waals surface area contributed by atoms with Crippen LogP contribution in [0.15, 0.2) is 182 Å². The minimum absolute atomic E-state index is 0.0630. The molecule has 0 aliphatic heterocycles. The van der Waals surface area contributed by atoms with E-state index in [1.807, 2.05) is 6.07 Å². The fourth-order valence-electron chi connectivity index (χ4n) is 7.55. The van der Waals surface area contributed by atoms with Crippen molar-refractivity contribution in [3.8, 4) is 22.3 Å². The number of benzene rings is 7. The van der Waals surface area contributed by atoms with E-state index in [2.05, 4.69) is 181 Å². The van der Waals surface area contributed by atoms with Crippen molar-refractivity contribution in [1.29, 1.82) is 0 Å². The summed E-state index contributed by atoms with van der Waals surface area (Å²) in [4.78, 5) is 0. The van der Waals surface area contributed by atoms with Crippen LogP contribution in [-0.4, -0.2) is 0 Å². The van der Waals surface area contributed by atoms with Gasteiger partial charge in [-0.3, -0.25) is 0 Å². The van der Waals surface area contributed by atoms with Crippen molar-refractivity contribution < 1.29 is 0 Å². The van der Waals surface area contributed by atoms with Gasteiger partial charge in [0.05, 0.1) is 5.41 Å². The van der Waals surface area contributed by atoms with Gasteiger partial charge in [-0.25, -0.2) is 0 Å². The predicted octanol–water partition coefficient (Wildman–Crippen LogP) is 10.7. The third-order valence-electron chi connectivity index (χ3n) is 9.58. The lowest BCUT2D eigenvalue weighted by Gasteiger charge is -2.34. The van der Waals surface area contributed by atoms with Crippen LogP contribution in [0.2, 0.25) is 0 Å². The molecule has 0 heterocycles. The first kappa shape index (κ1) is 28.8. The van der Waals surface area contributed by atoms with Crippen LogP contribution in [0.4, 0.5) is 11.4 Å². The Kier molecular flexibility index (Phi) is 7.49. The third-order valence-corrected chi connectivity index (χ3v) is 9.58. The fraction of sp³-hybridized carbons (Fsp3) is 0.0667. The number of nitrogens with two attached hydrogens (primary N) is 1. The summed E-state index contributed by atoms with van der Waals surface area (Å²) in [5.41, 5.74) is 20.7. The second kappa shape index (κ2) is 12.2. The average Bonchev–Trinajstić information content (AvgIpc) is 3.44. The highest BCUT2D eigenvalue weighted by Crippen LogP contribution is 2.59. The molecular formula is C45H36N2. The molecule has 226 valence electrons. The first-order valence-electron chi connectivity index (χ1n) is 16.3. The van der Waals surface area contributed by atoms with Crippen LogP contribution in [0, 0.1) is 0 Å². The number of hydrogen-bond acceptors (Lipinski definition) is 2. The number of fused-ring (bicyclic) bond motifs is 3. The molecule has 0 aromatic heterocycles. The largest absolute Gasteiger partial charge is 0.355 e. The molecule has 2 heteroatoms. The summed E-state index contributed by atoms with van der Waals surface area (Å²) < 4.78 is 0. The van der Waals surface area contributed by atoms with E-state index in [0.717, 1.165) is 23.4 Å². The monoisotopic (exact) mass is 604 g/mol. The smallest absolute Gasteiger partial charge is 0.0713 e. The summed E-state index contributed by atoms with van der Waals surface area (Å²) in [5.74, 6) is 0. The number of nitrogens with one attached hydrogen (secondary N) is 1. The van der Waals surface area contributed by atoms with Gasteiger partial charge < -0.3 is 11.1 Å². The normalized spacial score (nSPS) is 13.4. The summed E-state index contributed by atoms with van der Waals surface area (Å²) >= 11 is 0. The third kappa shape index (κ3) is 5.04. The van der Waals surface area contributed by atoms with E-state index in [1.165, 1.54) is 50.1 Å². The zero-order valence-corrected chi connectivity index (χ0v) is 26.2. The predicted molar refractivity (Wildman–Crippen MR) is 196 cm³/mol.